The quantitative estimate of drug-likeness (QED) is 0.837. The Morgan fingerprint density at radius 1 is 1.12 bits per heavy atom. The maximum Gasteiger partial charge on any atom is 0.294 e. The molecule has 1 N–H and O–H groups in total. The minimum atomic E-state index is 0.550. The number of hydrogen-bond acceptors (Lipinski definition) is 3. The zero-order chi connectivity index (χ0) is 11.7. The summed E-state index contributed by atoms with van der Waals surface area (Å²) in [5.74, 6) is 0. The predicted octanol–water partition coefficient (Wildman–Crippen LogP) is 3.31. The van der Waals surface area contributed by atoms with Gasteiger partial charge in [-0.05, 0) is 31.9 Å². The van der Waals surface area contributed by atoms with Gasteiger partial charge in [0.1, 0.15) is 12.0 Å². The van der Waals surface area contributed by atoms with Crippen molar-refractivity contribution in [1.82, 2.24) is 4.98 Å². The highest BCUT2D eigenvalue weighted by atomic mass is 16.4. The Balaban J connectivity index is 2.55. The van der Waals surface area contributed by atoms with E-state index in [2.05, 4.69) is 43.2 Å². The summed E-state index contributed by atoms with van der Waals surface area (Å²) in [7, 11) is 1.80. The molecule has 3 nitrogen and oxygen atoms in total. The SMILES string of the molecule is CNc1nc(-c2c(C)cc(C)cc2C)co1. The number of aromatic nitrogens is 1. The number of benzene rings is 1. The van der Waals surface area contributed by atoms with Crippen molar-refractivity contribution in [2.75, 3.05) is 12.4 Å². The van der Waals surface area contributed by atoms with E-state index in [4.69, 9.17) is 4.42 Å². The van der Waals surface area contributed by atoms with Crippen LogP contribution in [0.3, 0.4) is 0 Å². The van der Waals surface area contributed by atoms with Crippen LogP contribution in [0, 0.1) is 20.8 Å². The second kappa shape index (κ2) is 4.00. The number of aryl methyl sites for hydroxylation is 3. The maximum atomic E-state index is 5.29. The first-order valence-corrected chi connectivity index (χ1v) is 5.33. The molecule has 0 aliphatic carbocycles. The molecule has 0 radical (unpaired) electrons. The molecule has 0 bridgehead atoms. The molecule has 0 saturated carbocycles. The lowest BCUT2D eigenvalue weighted by molar-refractivity contribution is 0.576. The van der Waals surface area contributed by atoms with Crippen molar-refractivity contribution in [3.05, 3.63) is 35.1 Å². The van der Waals surface area contributed by atoms with Crippen molar-refractivity contribution in [2.24, 2.45) is 0 Å². The van der Waals surface area contributed by atoms with Crippen LogP contribution < -0.4 is 5.32 Å². The zero-order valence-corrected chi connectivity index (χ0v) is 10.1. The Morgan fingerprint density at radius 3 is 2.25 bits per heavy atom. The molecule has 0 amide bonds. The third-order valence-corrected chi connectivity index (χ3v) is 2.65. The Morgan fingerprint density at radius 2 is 1.75 bits per heavy atom. The van der Waals surface area contributed by atoms with Crippen molar-refractivity contribution in [1.29, 1.82) is 0 Å². The second-order valence-electron chi connectivity index (χ2n) is 4.06. The standard InChI is InChI=1S/C13H16N2O/c1-8-5-9(2)12(10(3)6-8)11-7-16-13(14-4)15-11/h5-7H,1-4H3,(H,14,15). The maximum absolute atomic E-state index is 5.29. The summed E-state index contributed by atoms with van der Waals surface area (Å²) in [5.41, 5.74) is 5.79. The number of anilines is 1. The van der Waals surface area contributed by atoms with E-state index in [1.807, 2.05) is 0 Å². The molecule has 1 aromatic heterocycles. The highest BCUT2D eigenvalue weighted by Gasteiger charge is 2.10. The average molecular weight is 216 g/mol. The average Bonchev–Trinajstić information content (AvgIpc) is 2.64. The molecule has 2 rings (SSSR count). The lowest BCUT2D eigenvalue weighted by Crippen LogP contribution is -1.91. The molecular formula is C13H16N2O. The first-order chi connectivity index (χ1) is 7.61. The van der Waals surface area contributed by atoms with E-state index in [0.29, 0.717) is 6.01 Å². The summed E-state index contributed by atoms with van der Waals surface area (Å²) < 4.78 is 5.29. The number of rotatable bonds is 2. The fourth-order valence-corrected chi connectivity index (χ4v) is 2.09. The highest BCUT2D eigenvalue weighted by molar-refractivity contribution is 5.68. The van der Waals surface area contributed by atoms with Gasteiger partial charge < -0.3 is 9.73 Å². The van der Waals surface area contributed by atoms with E-state index in [9.17, 15) is 0 Å². The van der Waals surface area contributed by atoms with Gasteiger partial charge in [0, 0.05) is 12.6 Å². The van der Waals surface area contributed by atoms with Crippen molar-refractivity contribution in [3.63, 3.8) is 0 Å². The lowest BCUT2D eigenvalue weighted by Gasteiger charge is -2.07. The minimum absolute atomic E-state index is 0.550. The Kier molecular flexibility index (Phi) is 2.69. The van der Waals surface area contributed by atoms with Gasteiger partial charge in [-0.15, -0.1) is 0 Å². The van der Waals surface area contributed by atoms with E-state index >= 15 is 0 Å². The minimum Gasteiger partial charge on any atom is -0.432 e. The molecule has 1 aromatic carbocycles. The van der Waals surface area contributed by atoms with Crippen LogP contribution >= 0.6 is 0 Å². The Bertz CT molecular complexity index is 491. The fraction of sp³-hybridized carbons (Fsp3) is 0.308. The molecule has 84 valence electrons. The first kappa shape index (κ1) is 10.7. The lowest BCUT2D eigenvalue weighted by atomic mass is 9.98. The molecule has 0 saturated heterocycles. The van der Waals surface area contributed by atoms with E-state index < -0.39 is 0 Å². The highest BCUT2D eigenvalue weighted by Crippen LogP contribution is 2.28. The summed E-state index contributed by atoms with van der Waals surface area (Å²) in [4.78, 5) is 4.37. The van der Waals surface area contributed by atoms with Crippen LogP contribution in [0.25, 0.3) is 11.3 Å². The normalized spacial score (nSPS) is 10.5. The molecule has 0 aliphatic rings. The van der Waals surface area contributed by atoms with Gasteiger partial charge in [-0.25, -0.2) is 0 Å². The second-order valence-corrected chi connectivity index (χ2v) is 4.06. The largest absolute Gasteiger partial charge is 0.432 e. The molecule has 0 spiro atoms. The number of hydrogen-bond donors (Lipinski definition) is 1. The predicted molar refractivity (Wildman–Crippen MR) is 65.7 cm³/mol. The summed E-state index contributed by atoms with van der Waals surface area (Å²) in [6, 6.07) is 4.88. The Labute approximate surface area is 95.5 Å². The molecule has 1 heterocycles. The zero-order valence-electron chi connectivity index (χ0n) is 10.1. The van der Waals surface area contributed by atoms with E-state index in [-0.39, 0.29) is 0 Å². The van der Waals surface area contributed by atoms with Crippen molar-refractivity contribution in [2.45, 2.75) is 20.8 Å². The molecule has 2 aromatic rings. The monoisotopic (exact) mass is 216 g/mol. The van der Waals surface area contributed by atoms with Gasteiger partial charge in [-0.2, -0.15) is 4.98 Å². The molecule has 0 aliphatic heterocycles. The first-order valence-electron chi connectivity index (χ1n) is 5.33. The summed E-state index contributed by atoms with van der Waals surface area (Å²) in [6.07, 6.45) is 1.69. The Hall–Kier alpha value is -1.77. The molecule has 0 atom stereocenters. The van der Waals surface area contributed by atoms with Crippen molar-refractivity contribution in [3.8, 4) is 11.3 Å². The third-order valence-electron chi connectivity index (χ3n) is 2.65. The van der Waals surface area contributed by atoms with Crippen LogP contribution in [-0.4, -0.2) is 12.0 Å². The van der Waals surface area contributed by atoms with Gasteiger partial charge in [0.25, 0.3) is 6.01 Å². The molecule has 0 fully saturated rings. The van der Waals surface area contributed by atoms with Gasteiger partial charge in [0.15, 0.2) is 0 Å². The fourth-order valence-electron chi connectivity index (χ4n) is 2.09. The van der Waals surface area contributed by atoms with E-state index in [1.54, 1.807) is 13.3 Å². The van der Waals surface area contributed by atoms with Crippen molar-refractivity contribution >= 4 is 6.01 Å². The summed E-state index contributed by atoms with van der Waals surface area (Å²) in [6.45, 7) is 6.30. The van der Waals surface area contributed by atoms with E-state index in [0.717, 1.165) is 11.3 Å². The number of oxazole rings is 1. The number of nitrogens with one attached hydrogen (secondary N) is 1. The van der Waals surface area contributed by atoms with E-state index in [1.165, 1.54) is 16.7 Å². The summed E-state index contributed by atoms with van der Waals surface area (Å²) in [5, 5.41) is 2.89. The summed E-state index contributed by atoms with van der Waals surface area (Å²) >= 11 is 0. The molecular weight excluding hydrogens is 200 g/mol. The molecule has 3 heteroatoms. The third kappa shape index (κ3) is 1.81. The van der Waals surface area contributed by atoms with Crippen molar-refractivity contribution < 1.29 is 4.42 Å². The van der Waals surface area contributed by atoms with Crippen LogP contribution in [0.4, 0.5) is 6.01 Å². The van der Waals surface area contributed by atoms with Crippen LogP contribution in [-0.2, 0) is 0 Å². The van der Waals surface area contributed by atoms with Crippen LogP contribution in [0.2, 0.25) is 0 Å². The van der Waals surface area contributed by atoms with Gasteiger partial charge in [-0.1, -0.05) is 17.7 Å². The van der Waals surface area contributed by atoms with Gasteiger partial charge in [0.2, 0.25) is 0 Å². The molecule has 0 unspecified atom stereocenters. The smallest absolute Gasteiger partial charge is 0.294 e. The van der Waals surface area contributed by atoms with Gasteiger partial charge in [-0.3, -0.25) is 0 Å². The molecule has 16 heavy (non-hydrogen) atoms. The van der Waals surface area contributed by atoms with Gasteiger partial charge in [0.05, 0.1) is 0 Å². The van der Waals surface area contributed by atoms with Crippen LogP contribution in [0.15, 0.2) is 22.8 Å². The van der Waals surface area contributed by atoms with Gasteiger partial charge >= 0.3 is 0 Å². The van der Waals surface area contributed by atoms with Crippen LogP contribution in [0.5, 0.6) is 0 Å². The van der Waals surface area contributed by atoms with Crippen LogP contribution in [0.1, 0.15) is 16.7 Å². The number of nitrogens with zero attached hydrogens (tertiary/aromatic N) is 1. The topological polar surface area (TPSA) is 38.1 Å².